The fraction of sp³-hybridized carbons (Fsp3) is 0.538. The highest BCUT2D eigenvalue weighted by Gasteiger charge is 2.32. The zero-order valence-electron chi connectivity index (χ0n) is 10.3. The van der Waals surface area contributed by atoms with Crippen LogP contribution < -0.4 is 5.73 Å². The van der Waals surface area contributed by atoms with Crippen molar-refractivity contribution in [2.75, 3.05) is 0 Å². The minimum atomic E-state index is -0.313. The maximum Gasteiger partial charge on any atom is 0.275 e. The van der Waals surface area contributed by atoms with Gasteiger partial charge < -0.3 is 5.73 Å². The van der Waals surface area contributed by atoms with Crippen LogP contribution >= 0.6 is 0 Å². The normalized spacial score (nSPS) is 18.3. The molecule has 0 aromatic heterocycles. The molecule has 1 aromatic carbocycles. The van der Waals surface area contributed by atoms with Crippen LogP contribution in [0.25, 0.3) is 0 Å². The number of aryl methyl sites for hydroxylation is 2. The maximum atomic E-state index is 10.9. The monoisotopic (exact) mass is 234 g/mol. The second kappa shape index (κ2) is 4.11. The van der Waals surface area contributed by atoms with Crippen LogP contribution in [0.5, 0.6) is 0 Å². The average Bonchev–Trinajstić information content (AvgIpc) is 2.64. The molecule has 2 N–H and O–H groups in total. The highest BCUT2D eigenvalue weighted by molar-refractivity contribution is 5.50. The predicted octanol–water partition coefficient (Wildman–Crippen LogP) is 2.94. The highest BCUT2D eigenvalue weighted by Crippen LogP contribution is 2.38. The van der Waals surface area contributed by atoms with Crippen molar-refractivity contribution in [2.45, 2.75) is 45.1 Å². The SMILES string of the molecule is Cc1cc(C2(N)CCCC2)cc(C)c1[N+](=O)[O-]. The van der Waals surface area contributed by atoms with Gasteiger partial charge in [-0.05, 0) is 44.4 Å². The molecule has 1 aliphatic carbocycles. The number of hydrogen-bond acceptors (Lipinski definition) is 3. The van der Waals surface area contributed by atoms with E-state index in [9.17, 15) is 10.1 Å². The molecule has 17 heavy (non-hydrogen) atoms. The maximum absolute atomic E-state index is 10.9. The largest absolute Gasteiger partial charge is 0.321 e. The van der Waals surface area contributed by atoms with Crippen molar-refractivity contribution >= 4 is 5.69 Å². The van der Waals surface area contributed by atoms with Crippen LogP contribution in [-0.4, -0.2) is 4.92 Å². The summed E-state index contributed by atoms with van der Waals surface area (Å²) in [5.41, 5.74) is 8.79. The Morgan fingerprint density at radius 2 is 1.71 bits per heavy atom. The van der Waals surface area contributed by atoms with Crippen LogP contribution in [0.15, 0.2) is 12.1 Å². The van der Waals surface area contributed by atoms with Gasteiger partial charge in [-0.2, -0.15) is 0 Å². The van der Waals surface area contributed by atoms with Crippen molar-refractivity contribution in [3.05, 3.63) is 38.9 Å². The quantitative estimate of drug-likeness (QED) is 0.631. The van der Waals surface area contributed by atoms with Gasteiger partial charge in [0, 0.05) is 16.7 Å². The number of nitro benzene ring substituents is 1. The Labute approximate surface area is 101 Å². The van der Waals surface area contributed by atoms with Gasteiger partial charge in [-0.1, -0.05) is 12.8 Å². The zero-order valence-corrected chi connectivity index (χ0v) is 10.3. The van der Waals surface area contributed by atoms with Gasteiger partial charge in [-0.15, -0.1) is 0 Å². The Morgan fingerprint density at radius 3 is 2.12 bits per heavy atom. The lowest BCUT2D eigenvalue weighted by molar-refractivity contribution is -0.386. The van der Waals surface area contributed by atoms with Crippen LogP contribution in [0.2, 0.25) is 0 Å². The van der Waals surface area contributed by atoms with E-state index in [2.05, 4.69) is 0 Å². The summed E-state index contributed by atoms with van der Waals surface area (Å²) in [5, 5.41) is 10.9. The number of nitro groups is 1. The van der Waals surface area contributed by atoms with Crippen molar-refractivity contribution < 1.29 is 4.92 Å². The third-order valence-corrected chi connectivity index (χ3v) is 3.74. The lowest BCUT2D eigenvalue weighted by Gasteiger charge is -2.25. The Bertz CT molecular complexity index is 439. The Kier molecular flexibility index (Phi) is 2.91. The van der Waals surface area contributed by atoms with Crippen LogP contribution in [0.1, 0.15) is 42.4 Å². The molecule has 1 fully saturated rings. The van der Waals surface area contributed by atoms with Gasteiger partial charge in [0.25, 0.3) is 5.69 Å². The van der Waals surface area contributed by atoms with Crippen LogP contribution in [0.4, 0.5) is 5.69 Å². The van der Waals surface area contributed by atoms with E-state index in [1.807, 2.05) is 12.1 Å². The molecule has 0 radical (unpaired) electrons. The summed E-state index contributed by atoms with van der Waals surface area (Å²) >= 11 is 0. The molecule has 0 unspecified atom stereocenters. The van der Waals surface area contributed by atoms with Crippen molar-refractivity contribution in [1.82, 2.24) is 0 Å². The van der Waals surface area contributed by atoms with E-state index in [-0.39, 0.29) is 16.1 Å². The first-order valence-electron chi connectivity index (χ1n) is 5.99. The lowest BCUT2D eigenvalue weighted by Crippen LogP contribution is -2.33. The summed E-state index contributed by atoms with van der Waals surface area (Å²) in [6.07, 6.45) is 4.24. The van der Waals surface area contributed by atoms with Gasteiger partial charge in [-0.3, -0.25) is 10.1 Å². The molecule has 0 bridgehead atoms. The summed E-state index contributed by atoms with van der Waals surface area (Å²) in [6, 6.07) is 3.77. The number of nitrogens with two attached hydrogens (primary N) is 1. The number of nitrogens with zero attached hydrogens (tertiary/aromatic N) is 1. The molecule has 1 saturated carbocycles. The van der Waals surface area contributed by atoms with Crippen LogP contribution in [0.3, 0.4) is 0 Å². The third-order valence-electron chi connectivity index (χ3n) is 3.74. The van der Waals surface area contributed by atoms with E-state index < -0.39 is 0 Å². The van der Waals surface area contributed by atoms with Gasteiger partial charge in [-0.25, -0.2) is 0 Å². The van der Waals surface area contributed by atoms with Crippen molar-refractivity contribution in [1.29, 1.82) is 0 Å². The van der Waals surface area contributed by atoms with Gasteiger partial charge >= 0.3 is 0 Å². The van der Waals surface area contributed by atoms with Gasteiger partial charge in [0.2, 0.25) is 0 Å². The first-order valence-corrected chi connectivity index (χ1v) is 5.99. The number of rotatable bonds is 2. The van der Waals surface area contributed by atoms with E-state index in [4.69, 9.17) is 5.73 Å². The van der Waals surface area contributed by atoms with E-state index in [1.165, 1.54) is 0 Å². The molecule has 0 saturated heterocycles. The molecule has 0 atom stereocenters. The minimum absolute atomic E-state index is 0.218. The third kappa shape index (κ3) is 2.05. The smallest absolute Gasteiger partial charge is 0.275 e. The summed E-state index contributed by atoms with van der Waals surface area (Å²) < 4.78 is 0. The molecule has 0 amide bonds. The van der Waals surface area contributed by atoms with E-state index >= 15 is 0 Å². The van der Waals surface area contributed by atoms with Gasteiger partial charge in [0.15, 0.2) is 0 Å². The van der Waals surface area contributed by atoms with Crippen LogP contribution in [-0.2, 0) is 5.54 Å². The molecule has 4 nitrogen and oxygen atoms in total. The van der Waals surface area contributed by atoms with Crippen LogP contribution in [0, 0.1) is 24.0 Å². The zero-order chi connectivity index (χ0) is 12.6. The minimum Gasteiger partial charge on any atom is -0.321 e. The molecule has 0 spiro atoms. The standard InChI is InChI=1S/C13H18N2O2/c1-9-7-11(13(14)5-3-4-6-13)8-10(2)12(9)15(16)17/h7-8H,3-6,14H2,1-2H3. The molecular formula is C13H18N2O2. The molecule has 1 aliphatic rings. The summed E-state index contributed by atoms with van der Waals surface area (Å²) in [6.45, 7) is 3.57. The van der Waals surface area contributed by atoms with Gasteiger partial charge in [0.05, 0.1) is 4.92 Å². The second-order valence-corrected chi connectivity index (χ2v) is 5.08. The molecule has 92 valence electrons. The van der Waals surface area contributed by atoms with E-state index in [1.54, 1.807) is 13.8 Å². The summed E-state index contributed by atoms with van der Waals surface area (Å²) in [5.74, 6) is 0. The van der Waals surface area contributed by atoms with Gasteiger partial charge in [0.1, 0.15) is 0 Å². The molecule has 2 rings (SSSR count). The topological polar surface area (TPSA) is 69.2 Å². The second-order valence-electron chi connectivity index (χ2n) is 5.08. The fourth-order valence-electron chi connectivity index (χ4n) is 2.83. The number of hydrogen-bond donors (Lipinski definition) is 1. The van der Waals surface area contributed by atoms with Crippen molar-refractivity contribution in [2.24, 2.45) is 5.73 Å². The fourth-order valence-corrected chi connectivity index (χ4v) is 2.83. The van der Waals surface area contributed by atoms with Crippen molar-refractivity contribution in [3.63, 3.8) is 0 Å². The summed E-state index contributed by atoms with van der Waals surface area (Å²) in [7, 11) is 0. The Hall–Kier alpha value is -1.42. The number of benzene rings is 1. The molecule has 1 aromatic rings. The van der Waals surface area contributed by atoms with E-state index in [0.29, 0.717) is 11.1 Å². The van der Waals surface area contributed by atoms with E-state index in [0.717, 1.165) is 31.2 Å². The first-order chi connectivity index (χ1) is 7.94. The Morgan fingerprint density at radius 1 is 1.24 bits per heavy atom. The molecule has 0 aliphatic heterocycles. The lowest BCUT2D eigenvalue weighted by atomic mass is 9.87. The van der Waals surface area contributed by atoms with Crippen molar-refractivity contribution in [3.8, 4) is 0 Å². The average molecular weight is 234 g/mol. The molecule has 0 heterocycles. The highest BCUT2D eigenvalue weighted by atomic mass is 16.6. The Balaban J connectivity index is 2.48. The summed E-state index contributed by atoms with van der Waals surface area (Å²) in [4.78, 5) is 10.6. The first kappa shape index (κ1) is 12.0. The predicted molar refractivity (Wildman–Crippen MR) is 66.9 cm³/mol. The molecular weight excluding hydrogens is 216 g/mol. The molecule has 4 heteroatoms.